The molecule has 6 nitrogen and oxygen atoms in total. The largest absolute Gasteiger partial charge is 0.497 e. The predicted octanol–water partition coefficient (Wildman–Crippen LogP) is 7.38. The first kappa shape index (κ1) is 27.1. The molecular formula is C30H36O6. The van der Waals surface area contributed by atoms with E-state index in [-0.39, 0.29) is 12.1 Å². The molecule has 0 amide bonds. The fourth-order valence-corrected chi connectivity index (χ4v) is 4.01. The zero-order valence-corrected chi connectivity index (χ0v) is 22.1. The van der Waals surface area contributed by atoms with Gasteiger partial charge in [-0.25, -0.2) is 4.79 Å². The van der Waals surface area contributed by atoms with Crippen molar-refractivity contribution in [3.63, 3.8) is 0 Å². The van der Waals surface area contributed by atoms with Gasteiger partial charge in [-0.05, 0) is 71.6 Å². The Bertz CT molecular complexity index is 1150. The van der Waals surface area contributed by atoms with Gasteiger partial charge in [0.15, 0.2) is 0 Å². The summed E-state index contributed by atoms with van der Waals surface area (Å²) in [5.74, 6) is 1.21. The number of rotatable bonds is 10. The van der Waals surface area contributed by atoms with Crippen LogP contribution < -0.4 is 4.74 Å². The van der Waals surface area contributed by atoms with Gasteiger partial charge in [-0.3, -0.25) is 4.79 Å². The molecule has 3 rings (SSSR count). The van der Waals surface area contributed by atoms with Crippen molar-refractivity contribution in [2.75, 3.05) is 7.11 Å². The van der Waals surface area contributed by atoms with Crippen molar-refractivity contribution in [1.82, 2.24) is 0 Å². The van der Waals surface area contributed by atoms with E-state index in [0.717, 1.165) is 23.3 Å². The van der Waals surface area contributed by atoms with Gasteiger partial charge in [0.1, 0.15) is 28.4 Å². The standard InChI is InChI=1S/C30H36O6/c1-20(12-10-11-15-25(31)36-30(3,4)5)34-29(32)26-21(2)35-28(23-13-8-7-9-14-23)27(26)22-16-18-24(33-6)19-17-22/h7-9,13-14,16-20H,10-12,15H2,1-6H3/t20-/m1/s1. The van der Waals surface area contributed by atoms with Gasteiger partial charge >= 0.3 is 11.9 Å². The maximum Gasteiger partial charge on any atom is 0.342 e. The Balaban J connectivity index is 1.75. The van der Waals surface area contributed by atoms with Crippen molar-refractivity contribution in [1.29, 1.82) is 0 Å². The summed E-state index contributed by atoms with van der Waals surface area (Å²) in [7, 11) is 1.62. The van der Waals surface area contributed by atoms with Crippen molar-refractivity contribution < 1.29 is 28.2 Å². The smallest absolute Gasteiger partial charge is 0.342 e. The number of carbonyl (C=O) groups is 2. The predicted molar refractivity (Wildman–Crippen MR) is 140 cm³/mol. The number of hydrogen-bond donors (Lipinski definition) is 0. The zero-order chi connectivity index (χ0) is 26.3. The molecule has 0 unspecified atom stereocenters. The summed E-state index contributed by atoms with van der Waals surface area (Å²) in [6, 6.07) is 17.2. The monoisotopic (exact) mass is 492 g/mol. The van der Waals surface area contributed by atoms with Crippen molar-refractivity contribution >= 4 is 11.9 Å². The van der Waals surface area contributed by atoms with Gasteiger partial charge in [-0.1, -0.05) is 42.5 Å². The summed E-state index contributed by atoms with van der Waals surface area (Å²) in [6.45, 7) is 9.21. The Morgan fingerprint density at radius 3 is 2.22 bits per heavy atom. The Morgan fingerprint density at radius 2 is 1.61 bits per heavy atom. The van der Waals surface area contributed by atoms with Crippen molar-refractivity contribution in [2.45, 2.75) is 72.0 Å². The van der Waals surface area contributed by atoms with Crippen molar-refractivity contribution in [3.05, 3.63) is 65.9 Å². The summed E-state index contributed by atoms with van der Waals surface area (Å²) in [4.78, 5) is 25.3. The normalized spacial score (nSPS) is 12.2. The highest BCUT2D eigenvalue weighted by Gasteiger charge is 2.27. The molecule has 1 atom stereocenters. The van der Waals surface area contributed by atoms with Crippen LogP contribution in [0.4, 0.5) is 0 Å². The SMILES string of the molecule is COc1ccc(-c2c(-c3ccccc3)oc(C)c2C(=O)O[C@H](C)CCCCC(=O)OC(C)(C)C)cc1. The molecule has 0 saturated carbocycles. The molecule has 0 N–H and O–H groups in total. The molecule has 0 spiro atoms. The number of esters is 2. The molecule has 3 aromatic rings. The zero-order valence-electron chi connectivity index (χ0n) is 22.1. The number of benzene rings is 2. The van der Waals surface area contributed by atoms with E-state index < -0.39 is 11.6 Å². The lowest BCUT2D eigenvalue weighted by Crippen LogP contribution is -2.23. The summed E-state index contributed by atoms with van der Waals surface area (Å²) in [5, 5.41) is 0. The molecule has 0 aliphatic heterocycles. The third-order valence-corrected chi connectivity index (χ3v) is 5.67. The molecule has 2 aromatic carbocycles. The topological polar surface area (TPSA) is 75.0 Å². The summed E-state index contributed by atoms with van der Waals surface area (Å²) < 4.78 is 22.6. The Morgan fingerprint density at radius 1 is 0.944 bits per heavy atom. The maximum absolute atomic E-state index is 13.4. The summed E-state index contributed by atoms with van der Waals surface area (Å²) in [6.07, 6.45) is 2.11. The fraction of sp³-hybridized carbons (Fsp3) is 0.400. The van der Waals surface area contributed by atoms with Crippen LogP contribution in [0, 0.1) is 6.92 Å². The molecule has 0 aliphatic carbocycles. The van der Waals surface area contributed by atoms with Crippen LogP contribution in [0.2, 0.25) is 0 Å². The minimum atomic E-state index is -0.484. The molecule has 1 aromatic heterocycles. The molecular weight excluding hydrogens is 456 g/mol. The van der Waals surface area contributed by atoms with Gasteiger partial charge in [0.25, 0.3) is 0 Å². The Hall–Kier alpha value is -3.54. The Kier molecular flexibility index (Phi) is 8.97. The van der Waals surface area contributed by atoms with Crippen LogP contribution in [-0.2, 0) is 14.3 Å². The van der Waals surface area contributed by atoms with Crippen LogP contribution in [0.1, 0.15) is 69.5 Å². The van der Waals surface area contributed by atoms with E-state index in [1.54, 1.807) is 14.0 Å². The van der Waals surface area contributed by atoms with Gasteiger partial charge in [-0.15, -0.1) is 0 Å². The molecule has 6 heteroatoms. The van der Waals surface area contributed by atoms with E-state index in [0.29, 0.717) is 41.9 Å². The molecule has 192 valence electrons. The molecule has 0 bridgehead atoms. The molecule has 36 heavy (non-hydrogen) atoms. The minimum absolute atomic E-state index is 0.209. The van der Waals surface area contributed by atoms with E-state index in [1.807, 2.05) is 82.3 Å². The fourth-order valence-electron chi connectivity index (χ4n) is 4.01. The minimum Gasteiger partial charge on any atom is -0.497 e. The van der Waals surface area contributed by atoms with Gasteiger partial charge in [0.2, 0.25) is 0 Å². The second-order valence-electron chi connectivity index (χ2n) is 9.88. The second kappa shape index (κ2) is 11.9. The van der Waals surface area contributed by atoms with Gasteiger partial charge in [-0.2, -0.15) is 0 Å². The first-order valence-electron chi connectivity index (χ1n) is 12.3. The highest BCUT2D eigenvalue weighted by molar-refractivity contribution is 6.02. The molecule has 0 fully saturated rings. The molecule has 0 saturated heterocycles. The quantitative estimate of drug-likeness (QED) is 0.217. The summed E-state index contributed by atoms with van der Waals surface area (Å²) in [5.41, 5.74) is 2.34. The van der Waals surface area contributed by atoms with Crippen LogP contribution >= 0.6 is 0 Å². The molecule has 1 heterocycles. The number of hydrogen-bond acceptors (Lipinski definition) is 6. The van der Waals surface area contributed by atoms with E-state index in [1.165, 1.54) is 0 Å². The van der Waals surface area contributed by atoms with E-state index in [4.69, 9.17) is 18.6 Å². The average molecular weight is 493 g/mol. The van der Waals surface area contributed by atoms with Gasteiger partial charge in [0.05, 0.1) is 13.2 Å². The average Bonchev–Trinajstić information content (AvgIpc) is 3.18. The van der Waals surface area contributed by atoms with Gasteiger partial charge in [0, 0.05) is 17.5 Å². The maximum atomic E-state index is 13.4. The van der Waals surface area contributed by atoms with E-state index in [9.17, 15) is 9.59 Å². The van der Waals surface area contributed by atoms with Crippen LogP contribution in [-0.4, -0.2) is 30.8 Å². The van der Waals surface area contributed by atoms with Crippen molar-refractivity contribution in [2.24, 2.45) is 0 Å². The second-order valence-corrected chi connectivity index (χ2v) is 9.88. The first-order chi connectivity index (χ1) is 17.1. The number of carbonyl (C=O) groups excluding carboxylic acids is 2. The lowest BCUT2D eigenvalue weighted by molar-refractivity contribution is -0.154. The Labute approximate surface area is 213 Å². The molecule has 0 radical (unpaired) electrons. The number of ether oxygens (including phenoxy) is 3. The van der Waals surface area contributed by atoms with E-state index in [2.05, 4.69) is 0 Å². The highest BCUT2D eigenvalue weighted by atomic mass is 16.6. The van der Waals surface area contributed by atoms with Gasteiger partial charge < -0.3 is 18.6 Å². The summed E-state index contributed by atoms with van der Waals surface area (Å²) >= 11 is 0. The number of unbranched alkanes of at least 4 members (excludes halogenated alkanes) is 1. The lowest BCUT2D eigenvalue weighted by Gasteiger charge is -2.19. The third-order valence-electron chi connectivity index (χ3n) is 5.67. The number of furan rings is 1. The molecule has 0 aliphatic rings. The third kappa shape index (κ3) is 7.23. The van der Waals surface area contributed by atoms with Crippen molar-refractivity contribution in [3.8, 4) is 28.2 Å². The van der Waals surface area contributed by atoms with Crippen LogP contribution in [0.25, 0.3) is 22.5 Å². The van der Waals surface area contributed by atoms with E-state index >= 15 is 0 Å². The number of aryl methyl sites for hydroxylation is 1. The first-order valence-corrected chi connectivity index (χ1v) is 12.3. The number of methoxy groups -OCH3 is 1. The van der Waals surface area contributed by atoms with Crippen LogP contribution in [0.3, 0.4) is 0 Å². The van der Waals surface area contributed by atoms with Crippen LogP contribution in [0.15, 0.2) is 59.0 Å². The lowest BCUT2D eigenvalue weighted by atomic mass is 9.97. The highest BCUT2D eigenvalue weighted by Crippen LogP contribution is 2.40. The van der Waals surface area contributed by atoms with Crippen LogP contribution in [0.5, 0.6) is 5.75 Å².